The Bertz CT molecular complexity index is 1670. The van der Waals surface area contributed by atoms with Gasteiger partial charge in [-0.3, -0.25) is 19.3 Å². The lowest BCUT2D eigenvalue weighted by Gasteiger charge is -2.51. The van der Waals surface area contributed by atoms with Crippen molar-refractivity contribution in [3.05, 3.63) is 92.9 Å². The number of morpholine rings is 1. The molecule has 7 rings (SSSR count). The standard InChI is InChI=1S/C26H18F2N4O4S/c27-16-6-5-15-19(20(16)28)25-21(29-12-37-25)13-3-1-2-4-14(13)22(15)32-18-11-36-10-9-30(18)26(35)23-24(34)17(33)7-8-31(23)32/h1-8,12,18,22,34H,9-11H2/t18-,22-/m1/s1. The molecule has 3 aliphatic rings. The lowest BCUT2D eigenvalue weighted by Crippen LogP contribution is -2.66. The number of fused-ring (bicyclic) bond motifs is 7. The van der Waals surface area contributed by atoms with E-state index in [9.17, 15) is 19.1 Å². The van der Waals surface area contributed by atoms with E-state index in [4.69, 9.17) is 4.74 Å². The summed E-state index contributed by atoms with van der Waals surface area (Å²) in [4.78, 5) is 32.3. The average molecular weight is 521 g/mol. The van der Waals surface area contributed by atoms with Gasteiger partial charge in [-0.15, -0.1) is 11.3 Å². The Hall–Kier alpha value is -4.09. The topological polar surface area (TPSA) is 87.9 Å². The second-order valence-electron chi connectivity index (χ2n) is 9.00. The summed E-state index contributed by atoms with van der Waals surface area (Å²) in [7, 11) is 0. The van der Waals surface area contributed by atoms with Gasteiger partial charge >= 0.3 is 0 Å². The number of nitrogens with zero attached hydrogens (tertiary/aromatic N) is 4. The normalized spacial score (nSPS) is 19.9. The van der Waals surface area contributed by atoms with Gasteiger partial charge in [-0.2, -0.15) is 0 Å². The third-order valence-corrected chi connectivity index (χ3v) is 8.01. The monoisotopic (exact) mass is 520 g/mol. The number of aromatic nitrogens is 2. The molecule has 0 unspecified atom stereocenters. The average Bonchev–Trinajstić information content (AvgIpc) is 3.35. The molecule has 1 aliphatic carbocycles. The van der Waals surface area contributed by atoms with E-state index in [1.807, 2.05) is 24.3 Å². The van der Waals surface area contributed by atoms with E-state index < -0.39 is 40.9 Å². The molecular formula is C26H18F2N4O4S. The van der Waals surface area contributed by atoms with Gasteiger partial charge in [0.15, 0.2) is 23.1 Å². The first kappa shape index (κ1) is 22.1. The molecule has 2 aliphatic heterocycles. The van der Waals surface area contributed by atoms with E-state index in [0.717, 1.165) is 17.2 Å². The van der Waals surface area contributed by atoms with Crippen molar-refractivity contribution < 1.29 is 23.4 Å². The van der Waals surface area contributed by atoms with Gasteiger partial charge in [0, 0.05) is 29.9 Å². The summed E-state index contributed by atoms with van der Waals surface area (Å²) in [6, 6.07) is 10.5. The minimum absolute atomic E-state index is 0.0886. The Labute approximate surface area is 212 Å². The van der Waals surface area contributed by atoms with Gasteiger partial charge in [0.25, 0.3) is 5.91 Å². The number of halogens is 2. The molecule has 1 fully saturated rings. The minimum atomic E-state index is -0.992. The highest BCUT2D eigenvalue weighted by Gasteiger charge is 2.46. The molecule has 0 bridgehead atoms. The zero-order valence-corrected chi connectivity index (χ0v) is 19.9. The van der Waals surface area contributed by atoms with Crippen LogP contribution in [-0.4, -0.2) is 51.5 Å². The summed E-state index contributed by atoms with van der Waals surface area (Å²) < 4.78 is 37.4. The second-order valence-corrected chi connectivity index (χ2v) is 9.86. The van der Waals surface area contributed by atoms with Crippen LogP contribution in [0.4, 0.5) is 8.78 Å². The first-order valence-corrected chi connectivity index (χ1v) is 12.5. The van der Waals surface area contributed by atoms with Crippen LogP contribution in [0.3, 0.4) is 0 Å². The van der Waals surface area contributed by atoms with E-state index >= 15 is 4.39 Å². The van der Waals surface area contributed by atoms with Crippen LogP contribution >= 0.6 is 11.3 Å². The van der Waals surface area contributed by atoms with Gasteiger partial charge in [0.1, 0.15) is 6.17 Å². The van der Waals surface area contributed by atoms with Crippen LogP contribution in [0.2, 0.25) is 0 Å². The molecule has 1 N–H and O–H groups in total. The molecule has 37 heavy (non-hydrogen) atoms. The van der Waals surface area contributed by atoms with Gasteiger partial charge in [-0.25, -0.2) is 13.8 Å². The maximum absolute atomic E-state index is 15.6. The fraction of sp³-hybridized carbons (Fsp3) is 0.192. The van der Waals surface area contributed by atoms with Crippen molar-refractivity contribution in [1.29, 1.82) is 0 Å². The Kier molecular flexibility index (Phi) is 4.76. The number of carbonyl (C=O) groups is 1. The summed E-state index contributed by atoms with van der Waals surface area (Å²) in [5, 5.41) is 12.5. The fourth-order valence-corrected chi connectivity index (χ4v) is 6.44. The number of aromatic hydroxyl groups is 1. The minimum Gasteiger partial charge on any atom is -0.502 e. The van der Waals surface area contributed by atoms with Crippen LogP contribution in [0.5, 0.6) is 5.75 Å². The third kappa shape index (κ3) is 2.98. The van der Waals surface area contributed by atoms with Crippen LogP contribution in [0.1, 0.15) is 27.7 Å². The van der Waals surface area contributed by atoms with Crippen LogP contribution in [0.25, 0.3) is 21.7 Å². The van der Waals surface area contributed by atoms with Crippen LogP contribution in [-0.2, 0) is 4.74 Å². The SMILES string of the molecule is O=C1c2c(O)c(=O)ccn2N([C@@H]2c3ccccc3-c3ncsc3-c3c2ccc(F)c3F)[C@@H]2COCCN12. The Morgan fingerprint density at radius 2 is 1.92 bits per heavy atom. The van der Waals surface area contributed by atoms with Crippen molar-refractivity contribution in [2.24, 2.45) is 0 Å². The van der Waals surface area contributed by atoms with Crippen LogP contribution < -0.4 is 10.4 Å². The summed E-state index contributed by atoms with van der Waals surface area (Å²) in [6.07, 6.45) is 0.765. The molecule has 0 saturated carbocycles. The number of thiazole rings is 1. The van der Waals surface area contributed by atoms with E-state index in [-0.39, 0.29) is 31.0 Å². The summed E-state index contributed by atoms with van der Waals surface area (Å²) in [6.45, 7) is 0.652. The molecule has 11 heteroatoms. The summed E-state index contributed by atoms with van der Waals surface area (Å²) in [5.74, 6) is -3.15. The van der Waals surface area contributed by atoms with Crippen molar-refractivity contribution in [2.45, 2.75) is 12.2 Å². The predicted octanol–water partition coefficient (Wildman–Crippen LogP) is 3.48. The zero-order valence-electron chi connectivity index (χ0n) is 19.1. The van der Waals surface area contributed by atoms with E-state index in [1.54, 1.807) is 15.4 Å². The van der Waals surface area contributed by atoms with Crippen molar-refractivity contribution in [2.75, 3.05) is 24.8 Å². The molecule has 1 saturated heterocycles. The van der Waals surface area contributed by atoms with Crippen molar-refractivity contribution >= 4 is 17.2 Å². The number of carbonyl (C=O) groups excluding carboxylic acids is 1. The quantitative estimate of drug-likeness (QED) is 0.414. The highest BCUT2D eigenvalue weighted by Crippen LogP contribution is 2.50. The molecule has 4 aromatic rings. The van der Waals surface area contributed by atoms with Crippen LogP contribution in [0.15, 0.2) is 59.0 Å². The molecule has 0 radical (unpaired) electrons. The number of benzene rings is 2. The molecular weight excluding hydrogens is 502 g/mol. The van der Waals surface area contributed by atoms with Crippen molar-refractivity contribution in [1.82, 2.24) is 14.6 Å². The lowest BCUT2D eigenvalue weighted by molar-refractivity contribution is -0.0196. The van der Waals surface area contributed by atoms with Crippen molar-refractivity contribution in [3.8, 4) is 27.4 Å². The molecule has 2 atom stereocenters. The molecule has 4 heterocycles. The zero-order chi connectivity index (χ0) is 25.4. The molecule has 2 aromatic carbocycles. The maximum atomic E-state index is 15.6. The number of hydrogen-bond acceptors (Lipinski definition) is 7. The molecule has 0 spiro atoms. The lowest BCUT2D eigenvalue weighted by atomic mass is 9.92. The number of pyridine rings is 1. The van der Waals surface area contributed by atoms with Gasteiger partial charge in [0.2, 0.25) is 5.43 Å². The van der Waals surface area contributed by atoms with Crippen molar-refractivity contribution in [3.63, 3.8) is 0 Å². The Balaban J connectivity index is 1.59. The van der Waals surface area contributed by atoms with E-state index in [1.165, 1.54) is 34.3 Å². The van der Waals surface area contributed by atoms with Gasteiger partial charge in [-0.05, 0) is 17.2 Å². The largest absolute Gasteiger partial charge is 0.502 e. The highest BCUT2D eigenvalue weighted by molar-refractivity contribution is 7.13. The van der Waals surface area contributed by atoms with Gasteiger partial charge in [0.05, 0.1) is 35.3 Å². The molecule has 186 valence electrons. The smallest absolute Gasteiger partial charge is 0.278 e. The second kappa shape index (κ2) is 7.95. The molecule has 8 nitrogen and oxygen atoms in total. The third-order valence-electron chi connectivity index (χ3n) is 7.17. The van der Waals surface area contributed by atoms with Gasteiger partial charge < -0.3 is 14.7 Å². The first-order valence-electron chi connectivity index (χ1n) is 11.6. The molecule has 2 aromatic heterocycles. The predicted molar refractivity (Wildman–Crippen MR) is 131 cm³/mol. The highest BCUT2D eigenvalue weighted by atomic mass is 32.1. The number of ether oxygens (including phenoxy) is 1. The maximum Gasteiger partial charge on any atom is 0.278 e. The summed E-state index contributed by atoms with van der Waals surface area (Å²) >= 11 is 1.22. The number of amides is 1. The van der Waals surface area contributed by atoms with E-state index in [2.05, 4.69) is 4.98 Å². The Morgan fingerprint density at radius 3 is 2.78 bits per heavy atom. The summed E-state index contributed by atoms with van der Waals surface area (Å²) in [5.41, 5.74) is 3.27. The van der Waals surface area contributed by atoms with Gasteiger partial charge in [-0.1, -0.05) is 30.3 Å². The van der Waals surface area contributed by atoms with Crippen LogP contribution in [0, 0.1) is 11.6 Å². The number of hydrogen-bond donors (Lipinski definition) is 1. The first-order chi connectivity index (χ1) is 18.0. The molecule has 1 amide bonds. The number of rotatable bonds is 1. The van der Waals surface area contributed by atoms with E-state index in [0.29, 0.717) is 16.1 Å². The fourth-order valence-electron chi connectivity index (χ4n) is 5.57. The Morgan fingerprint density at radius 1 is 1.08 bits per heavy atom.